The Morgan fingerprint density at radius 3 is 2.55 bits per heavy atom. The predicted molar refractivity (Wildman–Crippen MR) is 124 cm³/mol. The van der Waals surface area contributed by atoms with Gasteiger partial charge in [-0.15, -0.1) is 0 Å². The van der Waals surface area contributed by atoms with Gasteiger partial charge >= 0.3 is 0 Å². The minimum absolute atomic E-state index is 0.0602. The van der Waals surface area contributed by atoms with Crippen LogP contribution in [0.3, 0.4) is 0 Å². The number of para-hydroxylation sites is 1. The van der Waals surface area contributed by atoms with Gasteiger partial charge in [0.15, 0.2) is 0 Å². The van der Waals surface area contributed by atoms with Crippen molar-refractivity contribution >= 4 is 34.7 Å². The van der Waals surface area contributed by atoms with Crippen LogP contribution in [0.15, 0.2) is 48.5 Å². The Morgan fingerprint density at radius 1 is 1.03 bits per heavy atom. The van der Waals surface area contributed by atoms with Crippen LogP contribution in [0.1, 0.15) is 5.56 Å². The van der Waals surface area contributed by atoms with Gasteiger partial charge in [0.25, 0.3) is 5.69 Å². The van der Waals surface area contributed by atoms with E-state index in [-0.39, 0.29) is 28.5 Å². The number of nitro benzene ring substituents is 1. The van der Waals surface area contributed by atoms with Crippen molar-refractivity contribution in [3.63, 3.8) is 0 Å². The molecular formula is C23H26N4O3S. The molecule has 0 radical (unpaired) electrons. The summed E-state index contributed by atoms with van der Waals surface area (Å²) < 4.78 is 0. The van der Waals surface area contributed by atoms with Crippen LogP contribution in [-0.4, -0.2) is 66.0 Å². The smallest absolute Gasteiger partial charge is 0.269 e. The molecule has 2 atom stereocenters. The number of fused-ring (bicyclic) bond motifs is 3. The van der Waals surface area contributed by atoms with Crippen molar-refractivity contribution < 1.29 is 9.72 Å². The molecule has 2 aromatic carbocycles. The van der Waals surface area contributed by atoms with Crippen molar-refractivity contribution in [1.29, 1.82) is 0 Å². The van der Waals surface area contributed by atoms with Gasteiger partial charge in [-0.1, -0.05) is 18.2 Å². The lowest BCUT2D eigenvalue weighted by Crippen LogP contribution is -2.62. The van der Waals surface area contributed by atoms with Crippen molar-refractivity contribution in [3.05, 3.63) is 64.2 Å². The minimum Gasteiger partial charge on any atom is -0.368 e. The molecule has 0 aromatic heterocycles. The zero-order chi connectivity index (χ0) is 21.4. The van der Waals surface area contributed by atoms with Crippen LogP contribution in [0.5, 0.6) is 0 Å². The van der Waals surface area contributed by atoms with Gasteiger partial charge < -0.3 is 14.7 Å². The third-order valence-corrected chi connectivity index (χ3v) is 7.61. The second-order valence-electron chi connectivity index (χ2n) is 8.36. The van der Waals surface area contributed by atoms with Gasteiger partial charge in [0.1, 0.15) is 0 Å². The van der Waals surface area contributed by atoms with Gasteiger partial charge in [0.05, 0.1) is 16.9 Å². The number of hydrogen-bond acceptors (Lipinski definition) is 6. The first-order valence-electron chi connectivity index (χ1n) is 10.8. The summed E-state index contributed by atoms with van der Waals surface area (Å²) in [7, 11) is 0. The average Bonchev–Trinajstić information content (AvgIpc) is 2.83. The lowest BCUT2D eigenvalue weighted by Gasteiger charge is -2.50. The summed E-state index contributed by atoms with van der Waals surface area (Å²) in [6.07, 6.45) is 0.559. The van der Waals surface area contributed by atoms with E-state index >= 15 is 0 Å². The van der Waals surface area contributed by atoms with Crippen LogP contribution >= 0.6 is 11.8 Å². The maximum atomic E-state index is 13.6. The second-order valence-corrected chi connectivity index (χ2v) is 9.59. The highest BCUT2D eigenvalue weighted by Crippen LogP contribution is 2.39. The Labute approximate surface area is 186 Å². The monoisotopic (exact) mass is 438 g/mol. The van der Waals surface area contributed by atoms with Gasteiger partial charge in [-0.25, -0.2) is 0 Å². The maximum Gasteiger partial charge on any atom is 0.269 e. The second kappa shape index (κ2) is 8.42. The molecule has 0 bridgehead atoms. The maximum absolute atomic E-state index is 13.6. The quantitative estimate of drug-likeness (QED) is 0.542. The molecule has 2 aromatic rings. The van der Waals surface area contributed by atoms with Crippen molar-refractivity contribution in [1.82, 2.24) is 4.90 Å². The summed E-state index contributed by atoms with van der Waals surface area (Å²) in [4.78, 5) is 31.3. The number of rotatable bonds is 3. The first-order chi connectivity index (χ1) is 15.1. The van der Waals surface area contributed by atoms with Crippen LogP contribution in [0.25, 0.3) is 0 Å². The van der Waals surface area contributed by atoms with Gasteiger partial charge in [0.2, 0.25) is 5.91 Å². The standard InChI is InChI=1S/C23H26N4O3S/c28-23(24-10-12-31-13-11-24)20-15-17-14-19(27(29)30)6-7-21(17)26-9-8-25(16-22(20)26)18-4-2-1-3-5-18/h1-7,14,20,22H,8-13,15-16H2/t20-,22+/m1/s1. The largest absolute Gasteiger partial charge is 0.368 e. The number of thioether (sulfide) groups is 1. The average molecular weight is 439 g/mol. The number of nitrogens with zero attached hydrogens (tertiary/aromatic N) is 4. The normalized spacial score (nSPS) is 23.2. The van der Waals surface area contributed by atoms with E-state index in [1.807, 2.05) is 40.9 Å². The molecule has 2 saturated heterocycles. The van der Waals surface area contributed by atoms with Crippen LogP contribution in [-0.2, 0) is 11.2 Å². The molecule has 7 nitrogen and oxygen atoms in total. The van der Waals surface area contributed by atoms with Gasteiger partial charge in [0, 0.05) is 67.7 Å². The van der Waals surface area contributed by atoms with E-state index in [1.165, 1.54) is 5.69 Å². The van der Waals surface area contributed by atoms with E-state index < -0.39 is 0 Å². The van der Waals surface area contributed by atoms with E-state index in [9.17, 15) is 14.9 Å². The van der Waals surface area contributed by atoms with Gasteiger partial charge in [-0.3, -0.25) is 14.9 Å². The number of amides is 1. The number of hydrogen-bond donors (Lipinski definition) is 0. The molecular weight excluding hydrogens is 412 g/mol. The summed E-state index contributed by atoms with van der Waals surface area (Å²) in [6.45, 7) is 4.01. The fraction of sp³-hybridized carbons (Fsp3) is 0.435. The van der Waals surface area contributed by atoms with E-state index in [0.29, 0.717) is 6.42 Å². The third kappa shape index (κ3) is 3.84. The van der Waals surface area contributed by atoms with Crippen LogP contribution in [0, 0.1) is 16.0 Å². The topological polar surface area (TPSA) is 69.9 Å². The zero-order valence-corrected chi connectivity index (χ0v) is 18.2. The molecule has 31 heavy (non-hydrogen) atoms. The van der Waals surface area contributed by atoms with E-state index in [0.717, 1.165) is 55.5 Å². The summed E-state index contributed by atoms with van der Waals surface area (Å²) in [6, 6.07) is 15.5. The number of non-ortho nitro benzene ring substituents is 1. The molecule has 5 rings (SSSR count). The number of benzene rings is 2. The van der Waals surface area contributed by atoms with Crippen molar-refractivity contribution in [3.8, 4) is 0 Å². The predicted octanol–water partition coefficient (Wildman–Crippen LogP) is 3.04. The Bertz CT molecular complexity index is 980. The van der Waals surface area contributed by atoms with Gasteiger partial charge in [-0.05, 0) is 30.2 Å². The number of piperazine rings is 1. The van der Waals surface area contributed by atoms with Crippen molar-refractivity contribution in [2.45, 2.75) is 12.5 Å². The summed E-state index contributed by atoms with van der Waals surface area (Å²) in [5.41, 5.74) is 3.24. The first kappa shape index (κ1) is 20.2. The molecule has 3 aliphatic rings. The Morgan fingerprint density at radius 2 is 1.81 bits per heavy atom. The third-order valence-electron chi connectivity index (χ3n) is 6.67. The van der Waals surface area contributed by atoms with E-state index in [1.54, 1.807) is 12.1 Å². The van der Waals surface area contributed by atoms with Gasteiger partial charge in [-0.2, -0.15) is 11.8 Å². The van der Waals surface area contributed by atoms with E-state index in [2.05, 4.69) is 21.9 Å². The molecule has 3 aliphatic heterocycles. The molecule has 1 amide bonds. The number of anilines is 2. The summed E-state index contributed by atoms with van der Waals surface area (Å²) in [5, 5.41) is 11.3. The molecule has 3 heterocycles. The fourth-order valence-corrected chi connectivity index (χ4v) is 6.00. The summed E-state index contributed by atoms with van der Waals surface area (Å²) in [5.74, 6) is 1.96. The highest BCUT2D eigenvalue weighted by molar-refractivity contribution is 7.99. The first-order valence-corrected chi connectivity index (χ1v) is 12.0. The molecule has 0 N–H and O–H groups in total. The number of carbonyl (C=O) groups excluding carboxylic acids is 1. The van der Waals surface area contributed by atoms with Crippen LogP contribution in [0.4, 0.5) is 17.1 Å². The Balaban J connectivity index is 1.49. The summed E-state index contributed by atoms with van der Waals surface area (Å²) >= 11 is 1.89. The SMILES string of the molecule is O=C([C@@H]1Cc2cc([N+](=O)[O-])ccc2N2CCN(c3ccccc3)C[C@@H]12)N1CCSCC1. The van der Waals surface area contributed by atoms with Crippen molar-refractivity contribution in [2.75, 3.05) is 54.0 Å². The van der Waals surface area contributed by atoms with Crippen LogP contribution < -0.4 is 9.80 Å². The van der Waals surface area contributed by atoms with E-state index in [4.69, 9.17) is 0 Å². The zero-order valence-electron chi connectivity index (χ0n) is 17.4. The molecule has 2 fully saturated rings. The lowest BCUT2D eigenvalue weighted by molar-refractivity contribution is -0.384. The van der Waals surface area contributed by atoms with Crippen molar-refractivity contribution in [2.24, 2.45) is 5.92 Å². The Hall–Kier alpha value is -2.74. The molecule has 0 spiro atoms. The molecule has 0 saturated carbocycles. The number of carbonyl (C=O) groups is 1. The fourth-order valence-electron chi connectivity index (χ4n) is 5.10. The van der Waals surface area contributed by atoms with Crippen LogP contribution in [0.2, 0.25) is 0 Å². The lowest BCUT2D eigenvalue weighted by atomic mass is 9.82. The highest BCUT2D eigenvalue weighted by Gasteiger charge is 2.43. The molecule has 0 aliphatic carbocycles. The molecule has 8 heteroatoms. The molecule has 0 unspecified atom stereocenters. The molecule has 162 valence electrons. The highest BCUT2D eigenvalue weighted by atomic mass is 32.2. The minimum atomic E-state index is -0.349. The Kier molecular flexibility index (Phi) is 5.48. The number of nitro groups is 1.